The smallest absolute Gasteiger partial charge is 0.346 e. The monoisotopic (exact) mass is 287 g/mol. The van der Waals surface area contributed by atoms with E-state index in [4.69, 9.17) is 9.84 Å². The Labute approximate surface area is 114 Å². The first kappa shape index (κ1) is 15.3. The summed E-state index contributed by atoms with van der Waals surface area (Å²) in [5, 5.41) is 11.4. The number of halogens is 1. The fourth-order valence-electron chi connectivity index (χ4n) is 1.25. The van der Waals surface area contributed by atoms with Crippen LogP contribution >= 0.6 is 11.8 Å². The Balaban J connectivity index is 2.55. The summed E-state index contributed by atoms with van der Waals surface area (Å²) in [6, 6.07) is 4.99. The van der Waals surface area contributed by atoms with Crippen molar-refractivity contribution in [2.45, 2.75) is 6.10 Å². The Hall–Kier alpha value is -1.76. The molecular weight excluding hydrogens is 273 g/mol. The van der Waals surface area contributed by atoms with Gasteiger partial charge in [0.1, 0.15) is 11.6 Å². The van der Waals surface area contributed by atoms with Crippen molar-refractivity contribution in [3.05, 3.63) is 30.1 Å². The Morgan fingerprint density at radius 1 is 1.42 bits per heavy atom. The summed E-state index contributed by atoms with van der Waals surface area (Å²) in [7, 11) is 0. The largest absolute Gasteiger partial charge is 0.478 e. The van der Waals surface area contributed by atoms with Crippen LogP contribution < -0.4 is 10.1 Å². The van der Waals surface area contributed by atoms with Crippen LogP contribution in [0.3, 0.4) is 0 Å². The molecule has 1 aromatic rings. The molecular formula is C12H14FNO4S. The number of aliphatic carboxylic acids is 1. The molecule has 0 saturated carbocycles. The lowest BCUT2D eigenvalue weighted by Gasteiger charge is -2.15. The van der Waals surface area contributed by atoms with Gasteiger partial charge in [-0.15, -0.1) is 0 Å². The van der Waals surface area contributed by atoms with E-state index in [0.29, 0.717) is 0 Å². The first-order chi connectivity index (χ1) is 9.02. The molecule has 1 aromatic carbocycles. The molecule has 2 N–H and O–H groups in total. The number of carbonyl (C=O) groups is 2. The zero-order valence-corrected chi connectivity index (χ0v) is 11.1. The summed E-state index contributed by atoms with van der Waals surface area (Å²) >= 11 is 1.33. The summed E-state index contributed by atoms with van der Waals surface area (Å²) in [5.74, 6) is -1.42. The molecule has 1 amide bonds. The predicted octanol–water partition coefficient (Wildman–Crippen LogP) is 1.14. The standard InChI is InChI=1S/C12H14FNO4S/c1-19-7-11(15)14-6-10(12(16)17)18-9-4-2-8(13)3-5-9/h2-5,10H,6-7H2,1H3,(H,14,15)(H,16,17). The molecule has 0 bridgehead atoms. The maximum absolute atomic E-state index is 12.7. The maximum Gasteiger partial charge on any atom is 0.346 e. The first-order valence-electron chi connectivity index (χ1n) is 5.43. The highest BCUT2D eigenvalue weighted by Gasteiger charge is 2.20. The second-order valence-corrected chi connectivity index (χ2v) is 4.50. The molecule has 0 saturated heterocycles. The van der Waals surface area contributed by atoms with Gasteiger partial charge in [0.15, 0.2) is 0 Å². The second-order valence-electron chi connectivity index (χ2n) is 3.64. The molecule has 7 heteroatoms. The Kier molecular flexibility index (Phi) is 6.14. The topological polar surface area (TPSA) is 75.6 Å². The van der Waals surface area contributed by atoms with E-state index < -0.39 is 17.9 Å². The fraction of sp³-hybridized carbons (Fsp3) is 0.333. The summed E-state index contributed by atoms with van der Waals surface area (Å²) in [6.07, 6.45) is 0.555. The van der Waals surface area contributed by atoms with Crippen molar-refractivity contribution in [2.24, 2.45) is 0 Å². The van der Waals surface area contributed by atoms with Crippen LogP contribution in [0.2, 0.25) is 0 Å². The average molecular weight is 287 g/mol. The van der Waals surface area contributed by atoms with Crippen molar-refractivity contribution >= 4 is 23.6 Å². The number of carboxylic acids is 1. The lowest BCUT2D eigenvalue weighted by molar-refractivity contribution is -0.145. The summed E-state index contributed by atoms with van der Waals surface area (Å²) in [5.41, 5.74) is 0. The molecule has 1 atom stereocenters. The van der Waals surface area contributed by atoms with E-state index in [1.165, 1.54) is 36.0 Å². The van der Waals surface area contributed by atoms with Gasteiger partial charge in [-0.25, -0.2) is 9.18 Å². The number of hydrogen-bond donors (Lipinski definition) is 2. The van der Waals surface area contributed by atoms with E-state index in [9.17, 15) is 14.0 Å². The number of carbonyl (C=O) groups excluding carboxylic acids is 1. The van der Waals surface area contributed by atoms with Crippen LogP contribution in [-0.4, -0.2) is 41.6 Å². The molecule has 0 radical (unpaired) electrons. The molecule has 0 aliphatic heterocycles. The lowest BCUT2D eigenvalue weighted by Crippen LogP contribution is -2.40. The van der Waals surface area contributed by atoms with Gasteiger partial charge >= 0.3 is 5.97 Å². The van der Waals surface area contributed by atoms with Gasteiger partial charge in [0.05, 0.1) is 12.3 Å². The minimum atomic E-state index is -1.21. The van der Waals surface area contributed by atoms with Gasteiger partial charge in [-0.1, -0.05) is 0 Å². The summed E-state index contributed by atoms with van der Waals surface area (Å²) < 4.78 is 17.9. The quantitative estimate of drug-likeness (QED) is 0.786. The number of nitrogens with one attached hydrogen (secondary N) is 1. The van der Waals surface area contributed by atoms with Crippen molar-refractivity contribution in [3.8, 4) is 5.75 Å². The summed E-state index contributed by atoms with van der Waals surface area (Å²) in [4.78, 5) is 22.2. The Bertz CT molecular complexity index is 438. The van der Waals surface area contributed by atoms with E-state index in [-0.39, 0.29) is 24.0 Å². The minimum Gasteiger partial charge on any atom is -0.478 e. The highest BCUT2D eigenvalue weighted by molar-refractivity contribution is 7.99. The fourth-order valence-corrected chi connectivity index (χ4v) is 1.61. The molecule has 104 valence electrons. The molecule has 0 aromatic heterocycles. The molecule has 0 fully saturated rings. The van der Waals surface area contributed by atoms with Gasteiger partial charge in [0.2, 0.25) is 12.0 Å². The van der Waals surface area contributed by atoms with E-state index in [0.717, 1.165) is 0 Å². The number of ether oxygens (including phenoxy) is 1. The number of amides is 1. The molecule has 1 rings (SSSR count). The Morgan fingerprint density at radius 2 is 2.05 bits per heavy atom. The predicted molar refractivity (Wildman–Crippen MR) is 69.8 cm³/mol. The molecule has 0 aliphatic rings. The van der Waals surface area contributed by atoms with Crippen LogP contribution in [0.5, 0.6) is 5.75 Å². The van der Waals surface area contributed by atoms with Crippen LogP contribution in [0.15, 0.2) is 24.3 Å². The minimum absolute atomic E-state index is 0.147. The second kappa shape index (κ2) is 7.63. The third-order valence-electron chi connectivity index (χ3n) is 2.13. The number of hydrogen-bond acceptors (Lipinski definition) is 4. The molecule has 0 heterocycles. The SMILES string of the molecule is CSCC(=O)NCC(Oc1ccc(F)cc1)C(=O)O. The normalized spacial score (nSPS) is 11.7. The molecule has 0 spiro atoms. The van der Waals surface area contributed by atoms with E-state index in [1.807, 2.05) is 0 Å². The Morgan fingerprint density at radius 3 is 2.58 bits per heavy atom. The van der Waals surface area contributed by atoms with Gasteiger partial charge in [-0.3, -0.25) is 4.79 Å². The van der Waals surface area contributed by atoms with Crippen molar-refractivity contribution in [3.63, 3.8) is 0 Å². The zero-order valence-electron chi connectivity index (χ0n) is 10.3. The number of benzene rings is 1. The van der Waals surface area contributed by atoms with Gasteiger partial charge in [-0.2, -0.15) is 11.8 Å². The zero-order chi connectivity index (χ0) is 14.3. The number of thioether (sulfide) groups is 1. The van der Waals surface area contributed by atoms with Crippen molar-refractivity contribution in [2.75, 3.05) is 18.6 Å². The van der Waals surface area contributed by atoms with Gasteiger partial charge in [0.25, 0.3) is 0 Å². The van der Waals surface area contributed by atoms with Crippen molar-refractivity contribution < 1.29 is 23.8 Å². The molecule has 5 nitrogen and oxygen atoms in total. The number of carboxylic acid groups (broad SMARTS) is 1. The van der Waals surface area contributed by atoms with Gasteiger partial charge in [-0.05, 0) is 30.5 Å². The third kappa shape index (κ3) is 5.60. The van der Waals surface area contributed by atoms with E-state index in [2.05, 4.69) is 5.32 Å². The van der Waals surface area contributed by atoms with Crippen LogP contribution in [0.1, 0.15) is 0 Å². The highest BCUT2D eigenvalue weighted by atomic mass is 32.2. The maximum atomic E-state index is 12.7. The molecule has 19 heavy (non-hydrogen) atoms. The van der Waals surface area contributed by atoms with Crippen LogP contribution in [-0.2, 0) is 9.59 Å². The molecule has 1 unspecified atom stereocenters. The van der Waals surface area contributed by atoms with Crippen LogP contribution in [0.25, 0.3) is 0 Å². The van der Waals surface area contributed by atoms with Crippen LogP contribution in [0, 0.1) is 5.82 Å². The lowest BCUT2D eigenvalue weighted by atomic mass is 10.3. The van der Waals surface area contributed by atoms with Crippen molar-refractivity contribution in [1.82, 2.24) is 5.32 Å². The van der Waals surface area contributed by atoms with Crippen LogP contribution in [0.4, 0.5) is 4.39 Å². The first-order valence-corrected chi connectivity index (χ1v) is 6.83. The van der Waals surface area contributed by atoms with E-state index in [1.54, 1.807) is 6.26 Å². The van der Waals surface area contributed by atoms with Gasteiger partial charge in [0, 0.05) is 0 Å². The summed E-state index contributed by atoms with van der Waals surface area (Å²) in [6.45, 7) is -0.147. The average Bonchev–Trinajstić information content (AvgIpc) is 2.36. The van der Waals surface area contributed by atoms with Gasteiger partial charge < -0.3 is 15.2 Å². The van der Waals surface area contributed by atoms with Crippen molar-refractivity contribution in [1.29, 1.82) is 0 Å². The molecule has 0 aliphatic carbocycles. The third-order valence-corrected chi connectivity index (χ3v) is 2.68. The number of rotatable bonds is 7. The van der Waals surface area contributed by atoms with E-state index >= 15 is 0 Å². The highest BCUT2D eigenvalue weighted by Crippen LogP contribution is 2.13.